The van der Waals surface area contributed by atoms with E-state index in [4.69, 9.17) is 4.52 Å². The maximum atomic E-state index is 12.3. The molecule has 7 heteroatoms. The molecule has 0 fully saturated rings. The number of carbonyl (C=O) groups excluding carboxylic acids is 1. The number of carbonyl (C=O) groups is 1. The first-order valence-corrected chi connectivity index (χ1v) is 9.37. The lowest BCUT2D eigenvalue weighted by Gasteiger charge is -2.16. The van der Waals surface area contributed by atoms with Gasteiger partial charge in [-0.25, -0.2) is 9.48 Å². The molecule has 2 amide bonds. The zero-order valence-electron chi connectivity index (χ0n) is 16.3. The van der Waals surface area contributed by atoms with Crippen molar-refractivity contribution in [1.29, 1.82) is 0 Å². The quantitative estimate of drug-likeness (QED) is 0.873. The molecule has 1 atom stereocenters. The van der Waals surface area contributed by atoms with Crippen LogP contribution in [0.5, 0.6) is 0 Å². The fraction of sp³-hybridized carbons (Fsp3) is 0.632. The highest BCUT2D eigenvalue weighted by atomic mass is 16.5. The van der Waals surface area contributed by atoms with Crippen LogP contribution in [0.1, 0.15) is 63.8 Å². The molecule has 0 aromatic carbocycles. The van der Waals surface area contributed by atoms with Gasteiger partial charge in [-0.15, -0.1) is 0 Å². The van der Waals surface area contributed by atoms with Gasteiger partial charge in [0, 0.05) is 30.0 Å². The minimum Gasteiger partial charge on any atom is -0.361 e. The third-order valence-corrected chi connectivity index (χ3v) is 4.87. The van der Waals surface area contributed by atoms with Crippen molar-refractivity contribution in [2.45, 2.75) is 72.4 Å². The average Bonchev–Trinajstić information content (AvgIpc) is 3.16. The van der Waals surface area contributed by atoms with Gasteiger partial charge in [-0.3, -0.25) is 5.32 Å². The lowest BCUT2D eigenvalue weighted by molar-refractivity contribution is 0.251. The molecule has 0 spiro atoms. The van der Waals surface area contributed by atoms with Crippen LogP contribution in [0.25, 0.3) is 0 Å². The number of nitrogens with zero attached hydrogens (tertiary/aromatic N) is 3. The Balaban J connectivity index is 1.63. The predicted octanol–water partition coefficient (Wildman–Crippen LogP) is 3.64. The number of aryl methyl sites for hydroxylation is 2. The predicted molar refractivity (Wildman–Crippen MR) is 100 cm³/mol. The second-order valence-corrected chi connectivity index (χ2v) is 8.17. The Morgan fingerprint density at radius 1 is 1.42 bits per heavy atom. The highest BCUT2D eigenvalue weighted by molar-refractivity contribution is 5.88. The van der Waals surface area contributed by atoms with E-state index in [1.165, 1.54) is 0 Å². The van der Waals surface area contributed by atoms with Crippen LogP contribution < -0.4 is 10.6 Å². The van der Waals surface area contributed by atoms with E-state index in [1.807, 2.05) is 13.0 Å². The van der Waals surface area contributed by atoms with Crippen LogP contribution in [0.4, 0.5) is 10.6 Å². The molecular weight excluding hydrogens is 330 g/mol. The van der Waals surface area contributed by atoms with E-state index in [0.29, 0.717) is 24.8 Å². The Morgan fingerprint density at radius 2 is 2.19 bits per heavy atom. The first kappa shape index (κ1) is 18.5. The van der Waals surface area contributed by atoms with Crippen molar-refractivity contribution in [2.75, 3.05) is 5.32 Å². The van der Waals surface area contributed by atoms with Gasteiger partial charge in [-0.05, 0) is 25.7 Å². The largest absolute Gasteiger partial charge is 0.361 e. The monoisotopic (exact) mass is 359 g/mol. The van der Waals surface area contributed by atoms with Gasteiger partial charge in [-0.2, -0.15) is 5.10 Å². The van der Waals surface area contributed by atoms with Crippen molar-refractivity contribution in [3.8, 4) is 0 Å². The van der Waals surface area contributed by atoms with Crippen LogP contribution in [0.15, 0.2) is 10.6 Å². The molecule has 2 aromatic rings. The van der Waals surface area contributed by atoms with E-state index in [2.05, 4.69) is 48.6 Å². The number of hydrogen-bond donors (Lipinski definition) is 2. The molecule has 2 aromatic heterocycles. The third-order valence-electron chi connectivity index (χ3n) is 4.87. The Labute approximate surface area is 154 Å². The summed E-state index contributed by atoms with van der Waals surface area (Å²) < 4.78 is 7.23. The van der Waals surface area contributed by atoms with Crippen molar-refractivity contribution in [3.05, 3.63) is 28.8 Å². The first-order valence-electron chi connectivity index (χ1n) is 9.37. The molecule has 7 nitrogen and oxygen atoms in total. The minimum atomic E-state index is -0.263. The van der Waals surface area contributed by atoms with E-state index >= 15 is 0 Å². The van der Waals surface area contributed by atoms with Gasteiger partial charge in [0.2, 0.25) is 0 Å². The molecule has 0 radical (unpaired) electrons. The van der Waals surface area contributed by atoms with Crippen molar-refractivity contribution in [3.63, 3.8) is 0 Å². The molecule has 0 bridgehead atoms. The Hall–Kier alpha value is -2.31. The Kier molecular flexibility index (Phi) is 5.07. The van der Waals surface area contributed by atoms with Gasteiger partial charge in [0.25, 0.3) is 0 Å². The van der Waals surface area contributed by atoms with Crippen LogP contribution >= 0.6 is 0 Å². The van der Waals surface area contributed by atoms with Crippen molar-refractivity contribution in [2.24, 2.45) is 5.92 Å². The van der Waals surface area contributed by atoms with E-state index in [-0.39, 0.29) is 11.4 Å². The smallest absolute Gasteiger partial charge is 0.320 e. The van der Waals surface area contributed by atoms with Gasteiger partial charge >= 0.3 is 6.03 Å². The highest BCUT2D eigenvalue weighted by Crippen LogP contribution is 2.28. The van der Waals surface area contributed by atoms with Gasteiger partial charge in [-0.1, -0.05) is 32.9 Å². The molecular formula is C19H29N5O2. The summed E-state index contributed by atoms with van der Waals surface area (Å²) in [6.45, 7) is 11.6. The molecule has 1 aliphatic rings. The van der Waals surface area contributed by atoms with Gasteiger partial charge in [0.1, 0.15) is 17.3 Å². The molecule has 26 heavy (non-hydrogen) atoms. The van der Waals surface area contributed by atoms with Crippen LogP contribution in [0.2, 0.25) is 0 Å². The number of amides is 2. The van der Waals surface area contributed by atoms with Crippen LogP contribution in [-0.2, 0) is 31.3 Å². The zero-order valence-corrected chi connectivity index (χ0v) is 16.3. The van der Waals surface area contributed by atoms with Crippen molar-refractivity contribution < 1.29 is 9.32 Å². The highest BCUT2D eigenvalue weighted by Gasteiger charge is 2.24. The second-order valence-electron chi connectivity index (χ2n) is 8.17. The summed E-state index contributed by atoms with van der Waals surface area (Å²) >= 11 is 0. The normalized spacial score (nSPS) is 17.0. The molecule has 142 valence electrons. The second kappa shape index (κ2) is 7.13. The summed E-state index contributed by atoms with van der Waals surface area (Å²) in [5, 5.41) is 14.5. The lowest BCUT2D eigenvalue weighted by atomic mass is 9.88. The molecule has 0 saturated carbocycles. The number of rotatable bonds is 4. The number of nitrogens with one attached hydrogen (secondary N) is 2. The van der Waals surface area contributed by atoms with Crippen molar-refractivity contribution >= 4 is 11.8 Å². The van der Waals surface area contributed by atoms with E-state index in [0.717, 1.165) is 42.0 Å². The average molecular weight is 359 g/mol. The Bertz CT molecular complexity index is 784. The number of urea groups is 1. The Morgan fingerprint density at radius 3 is 2.88 bits per heavy atom. The van der Waals surface area contributed by atoms with Gasteiger partial charge in [0.05, 0.1) is 12.2 Å². The standard InChI is InChI=1S/C19H29N5O2/c1-6-24-17(10-16(22-24)19(3,4)5)21-18(25)20-11-14-13-9-12(2)7-8-15(13)26-23-14/h10,12H,6-9,11H2,1-5H3,(H2,20,21,25). The maximum Gasteiger partial charge on any atom is 0.320 e. The summed E-state index contributed by atoms with van der Waals surface area (Å²) in [5.41, 5.74) is 2.89. The van der Waals surface area contributed by atoms with Crippen molar-refractivity contribution in [1.82, 2.24) is 20.3 Å². The number of fused-ring (bicyclic) bond motifs is 1. The van der Waals surface area contributed by atoms with Crippen LogP contribution in [0, 0.1) is 5.92 Å². The van der Waals surface area contributed by atoms with Gasteiger partial charge in [0.15, 0.2) is 0 Å². The minimum absolute atomic E-state index is 0.0657. The van der Waals surface area contributed by atoms with Gasteiger partial charge < -0.3 is 9.84 Å². The molecule has 0 saturated heterocycles. The molecule has 1 unspecified atom stereocenters. The SMILES string of the molecule is CCn1nc(C(C)(C)C)cc1NC(=O)NCc1noc2c1CC(C)CC2. The topological polar surface area (TPSA) is 85.0 Å². The summed E-state index contributed by atoms with van der Waals surface area (Å²) in [6, 6.07) is 1.67. The summed E-state index contributed by atoms with van der Waals surface area (Å²) in [5.74, 6) is 2.30. The summed E-state index contributed by atoms with van der Waals surface area (Å²) in [6.07, 6.45) is 3.03. The van der Waals surface area contributed by atoms with Crippen LogP contribution in [-0.4, -0.2) is 21.0 Å². The fourth-order valence-electron chi connectivity index (χ4n) is 3.23. The molecule has 2 N–H and O–H groups in total. The summed E-state index contributed by atoms with van der Waals surface area (Å²) in [4.78, 5) is 12.3. The molecule has 2 heterocycles. The number of hydrogen-bond acceptors (Lipinski definition) is 4. The maximum absolute atomic E-state index is 12.3. The molecule has 0 aliphatic heterocycles. The molecule has 3 rings (SSSR count). The lowest BCUT2D eigenvalue weighted by Crippen LogP contribution is -2.30. The third kappa shape index (κ3) is 3.92. The molecule has 1 aliphatic carbocycles. The van der Waals surface area contributed by atoms with E-state index < -0.39 is 0 Å². The fourth-order valence-corrected chi connectivity index (χ4v) is 3.23. The van der Waals surface area contributed by atoms with E-state index in [1.54, 1.807) is 4.68 Å². The van der Waals surface area contributed by atoms with Crippen LogP contribution in [0.3, 0.4) is 0 Å². The number of aromatic nitrogens is 3. The number of anilines is 1. The zero-order chi connectivity index (χ0) is 18.9. The summed E-state index contributed by atoms with van der Waals surface area (Å²) in [7, 11) is 0. The first-order chi connectivity index (χ1) is 12.3. The van der Waals surface area contributed by atoms with E-state index in [9.17, 15) is 4.79 Å².